The van der Waals surface area contributed by atoms with Gasteiger partial charge in [0.15, 0.2) is 17.6 Å². The van der Waals surface area contributed by atoms with E-state index in [0.29, 0.717) is 27.2 Å². The molecule has 0 saturated carbocycles. The predicted molar refractivity (Wildman–Crippen MR) is 125 cm³/mol. The smallest absolute Gasteiger partial charge is 0.344 e. The largest absolute Gasteiger partial charge is 0.479 e. The fourth-order valence-electron chi connectivity index (χ4n) is 3.10. The molecule has 3 aromatic carbocycles. The molecule has 0 aliphatic rings. The minimum atomic E-state index is -1.13. The quantitative estimate of drug-likeness (QED) is 0.317. The molecule has 1 atom stereocenters. The highest BCUT2D eigenvalue weighted by atomic mass is 79.9. The number of ketones is 1. The molecule has 166 valence electrons. The van der Waals surface area contributed by atoms with Gasteiger partial charge in [-0.3, -0.25) is 4.79 Å². The van der Waals surface area contributed by atoms with Crippen molar-refractivity contribution in [2.24, 2.45) is 0 Å². The maximum Gasteiger partial charge on any atom is 0.344 e. The standard InChI is InChI=1S/C25H19BrN2O5/c1-16(25(30)31)32-22-12-11-18(26)13-20(22)24(29)17-14-27-28(15-17)21-9-5-6-10-23(21)33-19-7-3-2-4-8-19/h2-16H,1H3,(H,30,31)/t16-/m0/s1. The number of para-hydroxylation sites is 3. The van der Waals surface area contributed by atoms with Crippen LogP contribution in [0.1, 0.15) is 22.8 Å². The molecule has 33 heavy (non-hydrogen) atoms. The van der Waals surface area contributed by atoms with Crippen LogP contribution in [0.3, 0.4) is 0 Å². The molecule has 1 N–H and O–H groups in total. The molecule has 0 amide bonds. The first kappa shape index (κ1) is 22.3. The number of aromatic nitrogens is 2. The average Bonchev–Trinajstić information content (AvgIpc) is 3.31. The summed E-state index contributed by atoms with van der Waals surface area (Å²) >= 11 is 3.35. The minimum Gasteiger partial charge on any atom is -0.479 e. The van der Waals surface area contributed by atoms with Crippen LogP contribution in [0.2, 0.25) is 0 Å². The third-order valence-electron chi connectivity index (χ3n) is 4.77. The van der Waals surface area contributed by atoms with E-state index in [1.54, 1.807) is 29.1 Å². The average molecular weight is 507 g/mol. The van der Waals surface area contributed by atoms with Crippen molar-refractivity contribution in [2.75, 3.05) is 0 Å². The second-order valence-electron chi connectivity index (χ2n) is 7.12. The Labute approximate surface area is 198 Å². The van der Waals surface area contributed by atoms with Gasteiger partial charge in [-0.2, -0.15) is 5.10 Å². The molecule has 0 bridgehead atoms. The van der Waals surface area contributed by atoms with Gasteiger partial charge >= 0.3 is 5.97 Å². The number of carbonyl (C=O) groups excluding carboxylic acids is 1. The molecule has 4 rings (SSSR count). The molecule has 1 aromatic heterocycles. The summed E-state index contributed by atoms with van der Waals surface area (Å²) in [6, 6.07) is 21.6. The van der Waals surface area contributed by atoms with Gasteiger partial charge in [0.1, 0.15) is 17.2 Å². The van der Waals surface area contributed by atoms with Gasteiger partial charge in [-0.05, 0) is 49.4 Å². The number of carboxylic acids is 1. The molecule has 0 spiro atoms. The van der Waals surface area contributed by atoms with Gasteiger partial charge in [0.25, 0.3) is 0 Å². The van der Waals surface area contributed by atoms with Crippen LogP contribution in [0, 0.1) is 0 Å². The highest BCUT2D eigenvalue weighted by molar-refractivity contribution is 9.10. The van der Waals surface area contributed by atoms with E-state index < -0.39 is 12.1 Å². The van der Waals surface area contributed by atoms with Crippen LogP contribution < -0.4 is 9.47 Å². The van der Waals surface area contributed by atoms with Crippen LogP contribution >= 0.6 is 15.9 Å². The summed E-state index contributed by atoms with van der Waals surface area (Å²) in [7, 11) is 0. The summed E-state index contributed by atoms with van der Waals surface area (Å²) in [5.74, 6) is -0.0427. The summed E-state index contributed by atoms with van der Waals surface area (Å²) in [6.45, 7) is 1.40. The zero-order valence-electron chi connectivity index (χ0n) is 17.5. The number of ether oxygens (including phenoxy) is 2. The molecular weight excluding hydrogens is 488 g/mol. The molecule has 0 unspecified atom stereocenters. The lowest BCUT2D eigenvalue weighted by molar-refractivity contribution is -0.144. The molecule has 0 fully saturated rings. The van der Waals surface area contributed by atoms with Crippen molar-refractivity contribution in [3.8, 4) is 22.9 Å². The fraction of sp³-hybridized carbons (Fsp3) is 0.0800. The highest BCUT2D eigenvalue weighted by Crippen LogP contribution is 2.30. The molecule has 8 heteroatoms. The summed E-state index contributed by atoms with van der Waals surface area (Å²) in [4.78, 5) is 24.5. The number of halogens is 1. The van der Waals surface area contributed by atoms with Crippen molar-refractivity contribution in [3.63, 3.8) is 0 Å². The molecule has 4 aromatic rings. The number of carboxylic acid groups (broad SMARTS) is 1. The fourth-order valence-corrected chi connectivity index (χ4v) is 3.46. The van der Waals surface area contributed by atoms with Crippen LogP contribution in [-0.2, 0) is 4.79 Å². The lowest BCUT2D eigenvalue weighted by Crippen LogP contribution is -2.23. The van der Waals surface area contributed by atoms with Crippen molar-refractivity contribution < 1.29 is 24.2 Å². The normalized spacial score (nSPS) is 11.6. The predicted octanol–water partition coefficient (Wildman–Crippen LogP) is 5.51. The monoisotopic (exact) mass is 506 g/mol. The van der Waals surface area contributed by atoms with E-state index in [2.05, 4.69) is 21.0 Å². The van der Waals surface area contributed by atoms with E-state index in [1.807, 2.05) is 54.6 Å². The number of hydrogen-bond donors (Lipinski definition) is 1. The zero-order chi connectivity index (χ0) is 23.4. The SMILES string of the molecule is C[C@H](Oc1ccc(Br)cc1C(=O)c1cnn(-c2ccccc2Oc2ccccc2)c1)C(=O)O. The molecule has 1 heterocycles. The van der Waals surface area contributed by atoms with E-state index in [-0.39, 0.29) is 17.1 Å². The number of hydrogen-bond acceptors (Lipinski definition) is 5. The maximum absolute atomic E-state index is 13.3. The molecule has 0 radical (unpaired) electrons. The first-order valence-electron chi connectivity index (χ1n) is 10.0. The Balaban J connectivity index is 1.65. The Kier molecular flexibility index (Phi) is 6.55. The second kappa shape index (κ2) is 9.70. The van der Waals surface area contributed by atoms with Crippen LogP contribution in [0.15, 0.2) is 89.7 Å². The van der Waals surface area contributed by atoms with Crippen molar-refractivity contribution in [3.05, 3.63) is 101 Å². The Morgan fingerprint density at radius 1 is 1.00 bits per heavy atom. The van der Waals surface area contributed by atoms with Gasteiger partial charge in [0, 0.05) is 10.7 Å². The van der Waals surface area contributed by atoms with E-state index in [0.717, 1.165) is 0 Å². The topological polar surface area (TPSA) is 90.6 Å². The Hall–Kier alpha value is -3.91. The first-order chi connectivity index (χ1) is 15.9. The molecular formula is C25H19BrN2O5. The lowest BCUT2D eigenvalue weighted by atomic mass is 10.1. The molecule has 0 aliphatic carbocycles. The van der Waals surface area contributed by atoms with Crippen molar-refractivity contribution >= 4 is 27.7 Å². The third-order valence-corrected chi connectivity index (χ3v) is 5.26. The molecule has 0 saturated heterocycles. The van der Waals surface area contributed by atoms with Crippen LogP contribution in [-0.4, -0.2) is 32.7 Å². The number of nitrogens with zero attached hydrogens (tertiary/aromatic N) is 2. The number of carbonyl (C=O) groups is 2. The van der Waals surface area contributed by atoms with Crippen LogP contribution in [0.4, 0.5) is 0 Å². The number of rotatable bonds is 8. The van der Waals surface area contributed by atoms with Gasteiger partial charge in [-0.15, -0.1) is 0 Å². The van der Waals surface area contributed by atoms with E-state index in [1.165, 1.54) is 13.1 Å². The first-order valence-corrected chi connectivity index (χ1v) is 10.8. The van der Waals surface area contributed by atoms with Gasteiger partial charge in [0.2, 0.25) is 0 Å². The van der Waals surface area contributed by atoms with Crippen molar-refractivity contribution in [1.82, 2.24) is 9.78 Å². The molecule has 0 aliphatic heterocycles. The summed E-state index contributed by atoms with van der Waals surface area (Å²) in [5, 5.41) is 13.5. The summed E-state index contributed by atoms with van der Waals surface area (Å²) in [6.07, 6.45) is 1.94. The van der Waals surface area contributed by atoms with E-state index in [4.69, 9.17) is 14.6 Å². The summed E-state index contributed by atoms with van der Waals surface area (Å²) < 4.78 is 13.7. The lowest BCUT2D eigenvalue weighted by Gasteiger charge is -2.14. The van der Waals surface area contributed by atoms with Crippen molar-refractivity contribution in [1.29, 1.82) is 0 Å². The van der Waals surface area contributed by atoms with Crippen LogP contribution in [0.25, 0.3) is 5.69 Å². The van der Waals surface area contributed by atoms with E-state index in [9.17, 15) is 9.59 Å². The van der Waals surface area contributed by atoms with Crippen LogP contribution in [0.5, 0.6) is 17.2 Å². The Bertz CT molecular complexity index is 1300. The van der Waals surface area contributed by atoms with Gasteiger partial charge in [0.05, 0.1) is 17.3 Å². The number of benzene rings is 3. The zero-order valence-corrected chi connectivity index (χ0v) is 19.1. The van der Waals surface area contributed by atoms with E-state index >= 15 is 0 Å². The number of aliphatic carboxylic acids is 1. The Morgan fingerprint density at radius 3 is 2.48 bits per heavy atom. The van der Waals surface area contributed by atoms with Gasteiger partial charge in [-0.25, -0.2) is 9.48 Å². The Morgan fingerprint density at radius 2 is 1.73 bits per heavy atom. The van der Waals surface area contributed by atoms with Gasteiger partial charge in [-0.1, -0.05) is 46.3 Å². The van der Waals surface area contributed by atoms with Crippen molar-refractivity contribution in [2.45, 2.75) is 13.0 Å². The van der Waals surface area contributed by atoms with Gasteiger partial charge < -0.3 is 14.6 Å². The minimum absolute atomic E-state index is 0.179. The third kappa shape index (κ3) is 5.12. The molecule has 7 nitrogen and oxygen atoms in total. The second-order valence-corrected chi connectivity index (χ2v) is 8.04. The maximum atomic E-state index is 13.3. The summed E-state index contributed by atoms with van der Waals surface area (Å²) in [5.41, 5.74) is 1.20. The highest BCUT2D eigenvalue weighted by Gasteiger charge is 2.21.